The topological polar surface area (TPSA) is 54.2 Å². The van der Waals surface area contributed by atoms with Crippen LogP contribution in [0.4, 0.5) is 0 Å². The Balaban J connectivity index is 1.72. The largest absolute Gasteiger partial charge is 0.338 e. The Morgan fingerprint density at radius 3 is 3.06 bits per heavy atom. The van der Waals surface area contributed by atoms with Gasteiger partial charge < -0.3 is 14.7 Å². The summed E-state index contributed by atoms with van der Waals surface area (Å²) in [5.41, 5.74) is 0. The van der Waals surface area contributed by atoms with Gasteiger partial charge in [-0.2, -0.15) is 4.98 Å². The molecule has 0 spiro atoms. The van der Waals surface area contributed by atoms with Gasteiger partial charge in [-0.25, -0.2) is 0 Å². The summed E-state index contributed by atoms with van der Waals surface area (Å²) in [5.74, 6) is 2.14. The highest BCUT2D eigenvalue weighted by Gasteiger charge is 2.28. The van der Waals surface area contributed by atoms with Crippen LogP contribution in [0.3, 0.4) is 0 Å². The Labute approximate surface area is 95.2 Å². The van der Waals surface area contributed by atoms with E-state index in [1.54, 1.807) is 0 Å². The first-order valence-corrected chi connectivity index (χ1v) is 6.08. The maximum absolute atomic E-state index is 5.35. The lowest BCUT2D eigenvalue weighted by Crippen LogP contribution is -2.14. The first-order chi connectivity index (χ1) is 7.83. The van der Waals surface area contributed by atoms with Crippen molar-refractivity contribution in [2.45, 2.75) is 31.2 Å². The van der Waals surface area contributed by atoms with Crippen LogP contribution in [0.25, 0.3) is 0 Å². The van der Waals surface area contributed by atoms with Gasteiger partial charge in [0.25, 0.3) is 0 Å². The van der Waals surface area contributed by atoms with Gasteiger partial charge in [-0.15, -0.1) is 0 Å². The van der Waals surface area contributed by atoms with E-state index in [2.05, 4.69) is 27.4 Å². The van der Waals surface area contributed by atoms with Crippen molar-refractivity contribution in [2.24, 2.45) is 0 Å². The zero-order chi connectivity index (χ0) is 11.0. The molecule has 0 amide bonds. The molecular formula is C11H18N4O. The van der Waals surface area contributed by atoms with E-state index in [0.717, 1.165) is 44.2 Å². The molecule has 1 aromatic rings. The molecule has 2 fully saturated rings. The molecule has 5 nitrogen and oxygen atoms in total. The lowest BCUT2D eigenvalue weighted by molar-refractivity contribution is 0.338. The van der Waals surface area contributed by atoms with Crippen LogP contribution in [-0.4, -0.2) is 41.7 Å². The van der Waals surface area contributed by atoms with Crippen molar-refractivity contribution in [3.63, 3.8) is 0 Å². The van der Waals surface area contributed by atoms with Crippen LogP contribution in [0, 0.1) is 0 Å². The summed E-state index contributed by atoms with van der Waals surface area (Å²) in [7, 11) is 2.14. The molecule has 0 bridgehead atoms. The zero-order valence-electron chi connectivity index (χ0n) is 9.65. The summed E-state index contributed by atoms with van der Waals surface area (Å²) in [6.45, 7) is 3.25. The van der Waals surface area contributed by atoms with Gasteiger partial charge in [-0.3, -0.25) is 0 Å². The van der Waals surface area contributed by atoms with E-state index in [1.165, 1.54) is 6.42 Å². The van der Waals surface area contributed by atoms with Gasteiger partial charge in [-0.05, 0) is 39.4 Å². The Morgan fingerprint density at radius 2 is 2.38 bits per heavy atom. The Kier molecular flexibility index (Phi) is 2.65. The molecule has 5 heteroatoms. The summed E-state index contributed by atoms with van der Waals surface area (Å²) < 4.78 is 5.35. The highest BCUT2D eigenvalue weighted by molar-refractivity contribution is 5.02. The summed E-state index contributed by atoms with van der Waals surface area (Å²) >= 11 is 0. The third kappa shape index (κ3) is 1.85. The van der Waals surface area contributed by atoms with Crippen LogP contribution in [0.5, 0.6) is 0 Å². The minimum Gasteiger partial charge on any atom is -0.338 e. The molecule has 2 unspecified atom stereocenters. The first-order valence-electron chi connectivity index (χ1n) is 6.08. The molecule has 16 heavy (non-hydrogen) atoms. The molecule has 0 radical (unpaired) electrons. The van der Waals surface area contributed by atoms with Gasteiger partial charge in [-0.1, -0.05) is 5.16 Å². The molecule has 2 atom stereocenters. The van der Waals surface area contributed by atoms with Crippen LogP contribution < -0.4 is 5.32 Å². The van der Waals surface area contributed by atoms with Crippen molar-refractivity contribution < 1.29 is 4.52 Å². The van der Waals surface area contributed by atoms with Gasteiger partial charge in [0.15, 0.2) is 5.82 Å². The maximum atomic E-state index is 5.35. The number of nitrogens with zero attached hydrogens (tertiary/aromatic N) is 3. The van der Waals surface area contributed by atoms with Gasteiger partial charge in [0.05, 0.1) is 6.04 Å². The Morgan fingerprint density at radius 1 is 1.44 bits per heavy atom. The fourth-order valence-electron chi connectivity index (χ4n) is 2.60. The van der Waals surface area contributed by atoms with Crippen molar-refractivity contribution in [1.29, 1.82) is 0 Å². The third-order valence-electron chi connectivity index (χ3n) is 3.57. The second kappa shape index (κ2) is 4.14. The van der Waals surface area contributed by atoms with E-state index in [0.29, 0.717) is 12.0 Å². The molecule has 1 N–H and O–H groups in total. The van der Waals surface area contributed by atoms with Crippen LogP contribution in [-0.2, 0) is 0 Å². The van der Waals surface area contributed by atoms with Crippen molar-refractivity contribution >= 4 is 0 Å². The SMILES string of the molecule is CN1CCC(c2noc(C3CCCN3)n2)C1. The monoisotopic (exact) mass is 222 g/mol. The smallest absolute Gasteiger partial charge is 0.243 e. The predicted octanol–water partition coefficient (Wildman–Crippen LogP) is 0.913. The molecule has 3 heterocycles. The molecule has 0 aliphatic carbocycles. The highest BCUT2D eigenvalue weighted by atomic mass is 16.5. The van der Waals surface area contributed by atoms with Crippen molar-refractivity contribution in [3.05, 3.63) is 11.7 Å². The van der Waals surface area contributed by atoms with Gasteiger partial charge in [0.1, 0.15) is 0 Å². The number of likely N-dealkylation sites (tertiary alicyclic amines) is 1. The van der Waals surface area contributed by atoms with Gasteiger partial charge >= 0.3 is 0 Å². The molecular weight excluding hydrogens is 204 g/mol. The van der Waals surface area contributed by atoms with E-state index < -0.39 is 0 Å². The summed E-state index contributed by atoms with van der Waals surface area (Å²) in [4.78, 5) is 6.86. The van der Waals surface area contributed by atoms with E-state index >= 15 is 0 Å². The normalized spacial score (nSPS) is 31.3. The average molecular weight is 222 g/mol. The fourth-order valence-corrected chi connectivity index (χ4v) is 2.60. The second-order valence-electron chi connectivity index (χ2n) is 4.89. The minimum absolute atomic E-state index is 0.292. The minimum atomic E-state index is 0.292. The first kappa shape index (κ1) is 10.2. The van der Waals surface area contributed by atoms with Crippen molar-refractivity contribution in [3.8, 4) is 0 Å². The molecule has 88 valence electrons. The van der Waals surface area contributed by atoms with Crippen molar-refractivity contribution in [1.82, 2.24) is 20.4 Å². The number of aromatic nitrogens is 2. The van der Waals surface area contributed by atoms with E-state index in [9.17, 15) is 0 Å². The molecule has 0 aromatic carbocycles. The average Bonchev–Trinajstić information content (AvgIpc) is 2.97. The van der Waals surface area contributed by atoms with E-state index in [-0.39, 0.29) is 0 Å². The standard InChI is InChI=1S/C11H18N4O/c1-15-6-4-8(7-15)10-13-11(16-14-10)9-3-2-5-12-9/h8-9,12H,2-7H2,1H3. The molecule has 2 aliphatic rings. The number of likely N-dealkylation sites (N-methyl/N-ethyl adjacent to an activating group) is 1. The van der Waals surface area contributed by atoms with Crippen molar-refractivity contribution in [2.75, 3.05) is 26.7 Å². The summed E-state index contributed by atoms with van der Waals surface area (Å²) in [5, 5.41) is 7.50. The van der Waals surface area contributed by atoms with Gasteiger partial charge in [0, 0.05) is 12.5 Å². The molecule has 1 aromatic heterocycles. The number of nitrogens with one attached hydrogen (secondary N) is 1. The fraction of sp³-hybridized carbons (Fsp3) is 0.818. The lowest BCUT2D eigenvalue weighted by atomic mass is 10.1. The van der Waals surface area contributed by atoms with Gasteiger partial charge in [0.2, 0.25) is 5.89 Å². The molecule has 2 saturated heterocycles. The number of hydrogen-bond acceptors (Lipinski definition) is 5. The van der Waals surface area contributed by atoms with E-state index in [4.69, 9.17) is 4.52 Å². The van der Waals surface area contributed by atoms with E-state index in [1.807, 2.05) is 0 Å². The van der Waals surface area contributed by atoms with Crippen LogP contribution in [0.2, 0.25) is 0 Å². The predicted molar refractivity (Wildman–Crippen MR) is 59.1 cm³/mol. The lowest BCUT2D eigenvalue weighted by Gasteiger charge is -2.05. The zero-order valence-corrected chi connectivity index (χ0v) is 9.65. The number of rotatable bonds is 2. The summed E-state index contributed by atoms with van der Waals surface area (Å²) in [6.07, 6.45) is 3.47. The molecule has 0 saturated carbocycles. The Bertz CT molecular complexity index is 359. The second-order valence-corrected chi connectivity index (χ2v) is 4.89. The quantitative estimate of drug-likeness (QED) is 0.806. The molecule has 2 aliphatic heterocycles. The van der Waals surface area contributed by atoms with Crippen LogP contribution >= 0.6 is 0 Å². The summed E-state index contributed by atoms with van der Waals surface area (Å²) in [6, 6.07) is 0.292. The highest BCUT2D eigenvalue weighted by Crippen LogP contribution is 2.27. The van der Waals surface area contributed by atoms with Crippen LogP contribution in [0.1, 0.15) is 42.9 Å². The van der Waals surface area contributed by atoms with Crippen LogP contribution in [0.15, 0.2) is 4.52 Å². The molecule has 3 rings (SSSR count). The number of hydrogen-bond donors (Lipinski definition) is 1. The Hall–Kier alpha value is -0.940. The third-order valence-corrected chi connectivity index (χ3v) is 3.57. The maximum Gasteiger partial charge on any atom is 0.243 e.